The molecule has 0 aromatic carbocycles. The van der Waals surface area contributed by atoms with Crippen molar-refractivity contribution in [1.29, 1.82) is 0 Å². The van der Waals surface area contributed by atoms with Gasteiger partial charge in [0.2, 0.25) is 10.1 Å². The minimum Gasteiger partial charge on any atom is -0.380 e. The number of rotatable bonds is 7. The van der Waals surface area contributed by atoms with Crippen molar-refractivity contribution in [3.05, 3.63) is 5.01 Å². The molecule has 1 heterocycles. The van der Waals surface area contributed by atoms with Gasteiger partial charge in [-0.05, 0) is 6.42 Å². The molecular formula is C8H11ClF3N3OS. The lowest BCUT2D eigenvalue weighted by Gasteiger charge is -2.02. The first-order valence-electron chi connectivity index (χ1n) is 4.82. The van der Waals surface area contributed by atoms with Crippen molar-refractivity contribution in [3.63, 3.8) is 0 Å². The highest BCUT2D eigenvalue weighted by Crippen LogP contribution is 2.32. The van der Waals surface area contributed by atoms with Crippen molar-refractivity contribution in [3.8, 4) is 0 Å². The lowest BCUT2D eigenvalue weighted by Crippen LogP contribution is -2.06. The quantitative estimate of drug-likeness (QED) is 0.619. The maximum absolute atomic E-state index is 12.2. The summed E-state index contributed by atoms with van der Waals surface area (Å²) in [5.41, 5.74) is 0. The number of hydrogen-bond donors (Lipinski definition) is 1. The molecule has 0 saturated heterocycles. The molecular weight excluding hydrogens is 279 g/mol. The van der Waals surface area contributed by atoms with Gasteiger partial charge in [0.25, 0.3) is 0 Å². The van der Waals surface area contributed by atoms with E-state index < -0.39 is 11.2 Å². The molecule has 0 radical (unpaired) electrons. The zero-order valence-electron chi connectivity index (χ0n) is 8.76. The minimum absolute atomic E-state index is 0.162. The maximum Gasteiger partial charge on any atom is 0.445 e. The van der Waals surface area contributed by atoms with E-state index in [1.807, 2.05) is 0 Å². The lowest BCUT2D eigenvalue weighted by atomic mass is 10.4. The molecule has 0 fully saturated rings. The molecule has 1 rings (SSSR count). The molecule has 0 unspecified atom stereocenters. The summed E-state index contributed by atoms with van der Waals surface area (Å²) in [5, 5.41) is 8.40. The summed E-state index contributed by atoms with van der Waals surface area (Å²) >= 11 is 5.88. The van der Waals surface area contributed by atoms with Gasteiger partial charge in [-0.1, -0.05) is 11.3 Å². The Morgan fingerprint density at radius 3 is 2.65 bits per heavy atom. The van der Waals surface area contributed by atoms with Gasteiger partial charge >= 0.3 is 6.18 Å². The molecule has 0 spiro atoms. The van der Waals surface area contributed by atoms with Crippen molar-refractivity contribution >= 4 is 28.1 Å². The second kappa shape index (κ2) is 6.97. The van der Waals surface area contributed by atoms with Crippen molar-refractivity contribution in [1.82, 2.24) is 10.2 Å². The number of nitrogens with zero attached hydrogens (tertiary/aromatic N) is 2. The van der Waals surface area contributed by atoms with Crippen LogP contribution in [-0.2, 0) is 10.9 Å². The molecule has 1 aromatic heterocycles. The minimum atomic E-state index is -4.43. The fourth-order valence-corrected chi connectivity index (χ4v) is 1.68. The molecule has 0 aliphatic carbocycles. The first kappa shape index (κ1) is 14.5. The van der Waals surface area contributed by atoms with Crippen molar-refractivity contribution in [2.75, 3.05) is 31.0 Å². The number of nitrogens with one attached hydrogen (secondary N) is 1. The average Bonchev–Trinajstić information content (AvgIpc) is 2.71. The Morgan fingerprint density at radius 1 is 1.29 bits per heavy atom. The molecule has 0 bridgehead atoms. The van der Waals surface area contributed by atoms with Crippen LogP contribution < -0.4 is 5.32 Å². The van der Waals surface area contributed by atoms with Crippen molar-refractivity contribution in [2.45, 2.75) is 12.6 Å². The Labute approximate surface area is 105 Å². The Balaban J connectivity index is 2.21. The summed E-state index contributed by atoms with van der Waals surface area (Å²) in [5.74, 6) is 0.429. The lowest BCUT2D eigenvalue weighted by molar-refractivity contribution is -0.138. The van der Waals surface area contributed by atoms with Crippen molar-refractivity contribution < 1.29 is 17.9 Å². The number of halogens is 4. The number of anilines is 1. The third-order valence-electron chi connectivity index (χ3n) is 1.63. The number of ether oxygens (including phenoxy) is 1. The van der Waals surface area contributed by atoms with Gasteiger partial charge in [0.15, 0.2) is 0 Å². The van der Waals surface area contributed by atoms with Crippen LogP contribution >= 0.6 is 22.9 Å². The Morgan fingerprint density at radius 2 is 2.06 bits per heavy atom. The van der Waals surface area contributed by atoms with Crippen molar-refractivity contribution in [2.24, 2.45) is 0 Å². The molecule has 98 valence electrons. The van der Waals surface area contributed by atoms with Crippen LogP contribution in [0.15, 0.2) is 0 Å². The SMILES string of the molecule is FC(F)(F)c1nnc(NCCCOCCCl)s1. The molecule has 0 amide bonds. The molecule has 0 atom stereocenters. The molecule has 0 aliphatic rings. The second-order valence-electron chi connectivity index (χ2n) is 2.99. The van der Waals surface area contributed by atoms with Crippen LogP contribution in [0.25, 0.3) is 0 Å². The summed E-state index contributed by atoms with van der Waals surface area (Å²) < 4.78 is 41.6. The zero-order chi connectivity index (χ0) is 12.7. The Bertz CT molecular complexity index is 334. The van der Waals surface area contributed by atoms with Gasteiger partial charge in [-0.25, -0.2) is 0 Å². The summed E-state index contributed by atoms with van der Waals surface area (Å²) in [4.78, 5) is 0. The molecule has 0 aliphatic heterocycles. The number of hydrogen-bond acceptors (Lipinski definition) is 5. The van der Waals surface area contributed by atoms with Gasteiger partial charge in [0, 0.05) is 19.0 Å². The van der Waals surface area contributed by atoms with Crippen LogP contribution in [0, 0.1) is 0 Å². The smallest absolute Gasteiger partial charge is 0.380 e. The third kappa shape index (κ3) is 5.51. The van der Waals surface area contributed by atoms with E-state index in [2.05, 4.69) is 15.5 Å². The van der Waals surface area contributed by atoms with E-state index in [1.54, 1.807) is 0 Å². The van der Waals surface area contributed by atoms with Gasteiger partial charge in [-0.3, -0.25) is 0 Å². The molecule has 0 saturated carbocycles. The summed E-state index contributed by atoms with van der Waals surface area (Å²) in [6.07, 6.45) is -3.77. The predicted molar refractivity (Wildman–Crippen MR) is 59.6 cm³/mol. The van der Waals surface area contributed by atoms with Gasteiger partial charge in [-0.2, -0.15) is 13.2 Å². The third-order valence-corrected chi connectivity index (χ3v) is 2.71. The number of alkyl halides is 4. The van der Waals surface area contributed by atoms with E-state index in [9.17, 15) is 13.2 Å². The molecule has 1 aromatic rings. The second-order valence-corrected chi connectivity index (χ2v) is 4.35. The van der Waals surface area contributed by atoms with Crippen LogP contribution in [0.5, 0.6) is 0 Å². The van der Waals surface area contributed by atoms with Crippen LogP contribution in [0.4, 0.5) is 18.3 Å². The van der Waals surface area contributed by atoms with E-state index in [0.717, 1.165) is 0 Å². The molecule has 4 nitrogen and oxygen atoms in total. The molecule has 17 heavy (non-hydrogen) atoms. The maximum atomic E-state index is 12.2. The largest absolute Gasteiger partial charge is 0.445 e. The van der Waals surface area contributed by atoms with E-state index in [1.165, 1.54) is 0 Å². The average molecular weight is 290 g/mol. The highest BCUT2D eigenvalue weighted by Gasteiger charge is 2.35. The fraction of sp³-hybridized carbons (Fsp3) is 0.750. The van der Waals surface area contributed by atoms with Gasteiger partial charge < -0.3 is 10.1 Å². The van der Waals surface area contributed by atoms with Gasteiger partial charge in [-0.15, -0.1) is 21.8 Å². The van der Waals surface area contributed by atoms with E-state index in [0.29, 0.717) is 43.4 Å². The van der Waals surface area contributed by atoms with Gasteiger partial charge in [0.1, 0.15) is 0 Å². The predicted octanol–water partition coefficient (Wildman–Crippen LogP) is 2.61. The highest BCUT2D eigenvalue weighted by molar-refractivity contribution is 7.15. The van der Waals surface area contributed by atoms with Crippen LogP contribution in [0.1, 0.15) is 11.4 Å². The summed E-state index contributed by atoms with van der Waals surface area (Å²) in [7, 11) is 0. The highest BCUT2D eigenvalue weighted by atomic mass is 35.5. The molecule has 1 N–H and O–H groups in total. The normalized spacial score (nSPS) is 11.8. The topological polar surface area (TPSA) is 47.0 Å². The summed E-state index contributed by atoms with van der Waals surface area (Å²) in [6, 6.07) is 0. The van der Waals surface area contributed by atoms with Gasteiger partial charge in [0.05, 0.1) is 6.61 Å². The van der Waals surface area contributed by atoms with E-state index >= 15 is 0 Å². The van der Waals surface area contributed by atoms with E-state index in [-0.39, 0.29) is 5.13 Å². The molecule has 9 heteroatoms. The van der Waals surface area contributed by atoms with Crippen LogP contribution in [0.3, 0.4) is 0 Å². The van der Waals surface area contributed by atoms with E-state index in [4.69, 9.17) is 16.3 Å². The summed E-state index contributed by atoms with van der Waals surface area (Å²) in [6.45, 7) is 1.46. The van der Waals surface area contributed by atoms with Crippen LogP contribution in [0.2, 0.25) is 0 Å². The zero-order valence-corrected chi connectivity index (χ0v) is 10.3. The first-order valence-corrected chi connectivity index (χ1v) is 6.17. The number of aromatic nitrogens is 2. The Hall–Kier alpha value is -0.600. The monoisotopic (exact) mass is 289 g/mol. The van der Waals surface area contributed by atoms with Crippen LogP contribution in [-0.4, -0.2) is 35.8 Å². The standard InChI is InChI=1S/C8H11ClF3N3OS/c9-2-5-16-4-1-3-13-7-15-14-6(17-7)8(10,11)12/h1-5H2,(H,13,15). The Kier molecular flexibility index (Phi) is 5.93. The fourth-order valence-electron chi connectivity index (χ4n) is 0.935. The first-order chi connectivity index (χ1) is 8.04.